The predicted molar refractivity (Wildman–Crippen MR) is 111 cm³/mol. The van der Waals surface area contributed by atoms with Gasteiger partial charge in [-0.25, -0.2) is 8.42 Å². The maximum absolute atomic E-state index is 12.7. The highest BCUT2D eigenvalue weighted by molar-refractivity contribution is 7.89. The Labute approximate surface area is 166 Å². The summed E-state index contributed by atoms with van der Waals surface area (Å²) >= 11 is 0. The summed E-state index contributed by atoms with van der Waals surface area (Å²) in [5, 5.41) is 2.28. The molecule has 0 N–H and O–H groups in total. The fourth-order valence-electron chi connectivity index (χ4n) is 3.54. The summed E-state index contributed by atoms with van der Waals surface area (Å²) in [6, 6.07) is 22.9. The van der Waals surface area contributed by atoms with Gasteiger partial charge in [-0.3, -0.25) is 4.90 Å². The van der Waals surface area contributed by atoms with E-state index >= 15 is 0 Å². The summed E-state index contributed by atoms with van der Waals surface area (Å²) in [5.74, 6) is 0.892. The fraction of sp³-hybridized carbons (Fsp3) is 0.273. The Morgan fingerprint density at radius 3 is 2.25 bits per heavy atom. The standard InChI is InChI=1S/C22H24N2O3S/c25-28(26,20-9-2-1-3-10-20)24-15-13-23(14-16-24)17-18-27-22-12-6-8-19-7-4-5-11-21(19)22/h1-12H,13-18H2. The summed E-state index contributed by atoms with van der Waals surface area (Å²) in [5.41, 5.74) is 0. The molecular weight excluding hydrogens is 372 g/mol. The molecule has 0 radical (unpaired) electrons. The van der Waals surface area contributed by atoms with Crippen LogP contribution in [0.1, 0.15) is 0 Å². The van der Waals surface area contributed by atoms with Gasteiger partial charge in [-0.15, -0.1) is 0 Å². The molecule has 1 heterocycles. The fourth-order valence-corrected chi connectivity index (χ4v) is 4.98. The van der Waals surface area contributed by atoms with Gasteiger partial charge in [-0.2, -0.15) is 4.31 Å². The van der Waals surface area contributed by atoms with Crippen molar-refractivity contribution in [3.8, 4) is 5.75 Å². The monoisotopic (exact) mass is 396 g/mol. The minimum absolute atomic E-state index is 0.364. The van der Waals surface area contributed by atoms with Crippen molar-refractivity contribution in [3.63, 3.8) is 0 Å². The quantitative estimate of drug-likeness (QED) is 0.642. The van der Waals surface area contributed by atoms with E-state index in [0.717, 1.165) is 17.7 Å². The number of nitrogens with zero attached hydrogens (tertiary/aromatic N) is 2. The van der Waals surface area contributed by atoms with Crippen LogP contribution in [0.15, 0.2) is 77.7 Å². The molecular formula is C22H24N2O3S. The van der Waals surface area contributed by atoms with Gasteiger partial charge in [0.15, 0.2) is 0 Å². The first-order valence-electron chi connectivity index (χ1n) is 9.53. The molecule has 5 nitrogen and oxygen atoms in total. The lowest BCUT2D eigenvalue weighted by molar-refractivity contribution is 0.159. The van der Waals surface area contributed by atoms with Gasteiger partial charge in [-0.1, -0.05) is 54.6 Å². The predicted octanol–water partition coefficient (Wildman–Crippen LogP) is 3.23. The third-order valence-corrected chi connectivity index (χ3v) is 7.04. The molecule has 28 heavy (non-hydrogen) atoms. The average molecular weight is 397 g/mol. The topological polar surface area (TPSA) is 49.9 Å². The van der Waals surface area contributed by atoms with Gasteiger partial charge in [0.1, 0.15) is 12.4 Å². The zero-order valence-corrected chi connectivity index (χ0v) is 16.5. The molecule has 0 bridgehead atoms. The molecule has 1 aliphatic heterocycles. The second kappa shape index (κ2) is 8.31. The van der Waals surface area contributed by atoms with Crippen molar-refractivity contribution in [2.75, 3.05) is 39.3 Å². The molecule has 0 amide bonds. The Balaban J connectivity index is 1.30. The molecule has 0 saturated carbocycles. The number of hydrogen-bond donors (Lipinski definition) is 0. The van der Waals surface area contributed by atoms with Crippen molar-refractivity contribution in [3.05, 3.63) is 72.8 Å². The smallest absolute Gasteiger partial charge is 0.243 e. The first-order chi connectivity index (χ1) is 13.6. The molecule has 146 valence electrons. The van der Waals surface area contributed by atoms with E-state index < -0.39 is 10.0 Å². The van der Waals surface area contributed by atoms with Gasteiger partial charge in [0, 0.05) is 38.1 Å². The molecule has 3 aromatic carbocycles. The van der Waals surface area contributed by atoms with Crippen molar-refractivity contribution >= 4 is 20.8 Å². The minimum atomic E-state index is -3.40. The van der Waals surface area contributed by atoms with Gasteiger partial charge in [0.05, 0.1) is 4.90 Å². The third kappa shape index (κ3) is 4.04. The first-order valence-corrected chi connectivity index (χ1v) is 11.0. The molecule has 3 aromatic rings. The highest BCUT2D eigenvalue weighted by Gasteiger charge is 2.28. The van der Waals surface area contributed by atoms with Crippen molar-refractivity contribution in [1.29, 1.82) is 0 Å². The summed E-state index contributed by atoms with van der Waals surface area (Å²) in [4.78, 5) is 2.62. The number of fused-ring (bicyclic) bond motifs is 1. The van der Waals surface area contributed by atoms with Gasteiger partial charge < -0.3 is 4.74 Å². The van der Waals surface area contributed by atoms with Crippen molar-refractivity contribution < 1.29 is 13.2 Å². The Hall–Kier alpha value is -2.41. The van der Waals surface area contributed by atoms with Crippen molar-refractivity contribution in [2.45, 2.75) is 4.90 Å². The van der Waals surface area contributed by atoms with Crippen molar-refractivity contribution in [2.24, 2.45) is 0 Å². The van der Waals surface area contributed by atoms with E-state index in [1.54, 1.807) is 28.6 Å². The molecule has 1 aliphatic rings. The first kappa shape index (κ1) is 18.9. The molecule has 0 atom stereocenters. The van der Waals surface area contributed by atoms with Crippen LogP contribution in [0.3, 0.4) is 0 Å². The van der Waals surface area contributed by atoms with E-state index in [0.29, 0.717) is 37.7 Å². The number of rotatable bonds is 6. The molecule has 1 fully saturated rings. The SMILES string of the molecule is O=S(=O)(c1ccccc1)N1CCN(CCOc2cccc3ccccc23)CC1. The molecule has 0 unspecified atom stereocenters. The highest BCUT2D eigenvalue weighted by atomic mass is 32.2. The van der Waals surface area contributed by atoms with Gasteiger partial charge in [0.2, 0.25) is 10.0 Å². The number of benzene rings is 3. The van der Waals surface area contributed by atoms with E-state index in [1.807, 2.05) is 30.3 Å². The van der Waals surface area contributed by atoms with Crippen LogP contribution in [0.4, 0.5) is 0 Å². The number of sulfonamides is 1. The average Bonchev–Trinajstić information content (AvgIpc) is 2.75. The Kier molecular flexibility index (Phi) is 5.62. The van der Waals surface area contributed by atoms with E-state index in [4.69, 9.17) is 4.74 Å². The van der Waals surface area contributed by atoms with Crippen LogP contribution in [-0.2, 0) is 10.0 Å². The molecule has 1 saturated heterocycles. The zero-order chi connectivity index (χ0) is 19.4. The number of ether oxygens (including phenoxy) is 1. The van der Waals surface area contributed by atoms with Gasteiger partial charge in [-0.05, 0) is 23.6 Å². The lowest BCUT2D eigenvalue weighted by atomic mass is 10.1. The minimum Gasteiger partial charge on any atom is -0.492 e. The highest BCUT2D eigenvalue weighted by Crippen LogP contribution is 2.25. The molecule has 0 spiro atoms. The number of hydrogen-bond acceptors (Lipinski definition) is 4. The summed E-state index contributed by atoms with van der Waals surface area (Å²) in [6.07, 6.45) is 0. The molecule has 0 aliphatic carbocycles. The maximum atomic E-state index is 12.7. The molecule has 6 heteroatoms. The second-order valence-corrected chi connectivity index (χ2v) is 8.82. The van der Waals surface area contributed by atoms with Crippen molar-refractivity contribution in [1.82, 2.24) is 9.21 Å². The van der Waals surface area contributed by atoms with E-state index in [-0.39, 0.29) is 0 Å². The lowest BCUT2D eigenvalue weighted by Gasteiger charge is -2.33. The van der Waals surface area contributed by atoms with Crippen LogP contribution in [0.2, 0.25) is 0 Å². The Morgan fingerprint density at radius 2 is 1.46 bits per heavy atom. The van der Waals surface area contributed by atoms with Gasteiger partial charge >= 0.3 is 0 Å². The van der Waals surface area contributed by atoms with Crippen LogP contribution in [0.5, 0.6) is 5.75 Å². The summed E-state index contributed by atoms with van der Waals surface area (Å²) < 4.78 is 33.0. The van der Waals surface area contributed by atoms with Crippen LogP contribution in [-0.4, -0.2) is 57.0 Å². The number of piperazine rings is 1. The largest absolute Gasteiger partial charge is 0.492 e. The molecule has 0 aromatic heterocycles. The normalized spacial score (nSPS) is 16.3. The Bertz CT molecular complexity index is 1020. The summed E-state index contributed by atoms with van der Waals surface area (Å²) in [6.45, 7) is 3.80. The van der Waals surface area contributed by atoms with Crippen LogP contribution in [0, 0.1) is 0 Å². The van der Waals surface area contributed by atoms with E-state index in [9.17, 15) is 8.42 Å². The third-order valence-electron chi connectivity index (χ3n) is 5.13. The lowest BCUT2D eigenvalue weighted by Crippen LogP contribution is -2.49. The van der Waals surface area contributed by atoms with Crippen LogP contribution in [0.25, 0.3) is 10.8 Å². The van der Waals surface area contributed by atoms with Gasteiger partial charge in [0.25, 0.3) is 0 Å². The zero-order valence-electron chi connectivity index (χ0n) is 15.7. The van der Waals surface area contributed by atoms with E-state index in [1.165, 1.54) is 5.39 Å². The van der Waals surface area contributed by atoms with Crippen LogP contribution < -0.4 is 4.74 Å². The van der Waals surface area contributed by atoms with Crippen LogP contribution >= 0.6 is 0 Å². The Morgan fingerprint density at radius 1 is 0.786 bits per heavy atom. The second-order valence-electron chi connectivity index (χ2n) is 6.88. The molecule has 4 rings (SSSR count). The van der Waals surface area contributed by atoms with E-state index in [2.05, 4.69) is 23.1 Å². The maximum Gasteiger partial charge on any atom is 0.243 e. The summed E-state index contributed by atoms with van der Waals surface area (Å²) in [7, 11) is -3.40.